The van der Waals surface area contributed by atoms with Gasteiger partial charge in [-0.1, -0.05) is 29.8 Å². The van der Waals surface area contributed by atoms with Gasteiger partial charge in [0.1, 0.15) is 5.75 Å². The van der Waals surface area contributed by atoms with Crippen molar-refractivity contribution < 1.29 is 19.1 Å². The molecule has 0 bridgehead atoms. The molecule has 3 amide bonds. The molecular formula is C32H39ClN6O4. The van der Waals surface area contributed by atoms with Crippen molar-refractivity contribution in [3.8, 4) is 5.75 Å². The number of aryl methyl sites for hydroxylation is 1. The lowest BCUT2D eigenvalue weighted by molar-refractivity contribution is 0.0383. The highest BCUT2D eigenvalue weighted by Gasteiger charge is 2.24. The minimum Gasteiger partial charge on any atom is -0.495 e. The van der Waals surface area contributed by atoms with Crippen molar-refractivity contribution in [2.75, 3.05) is 93.1 Å². The molecule has 0 unspecified atom stereocenters. The molecule has 2 aliphatic rings. The number of rotatable bonds is 9. The molecule has 0 spiro atoms. The molecule has 10 nitrogen and oxygen atoms in total. The van der Waals surface area contributed by atoms with Crippen LogP contribution in [0.2, 0.25) is 5.02 Å². The van der Waals surface area contributed by atoms with Gasteiger partial charge in [0.25, 0.3) is 5.91 Å². The summed E-state index contributed by atoms with van der Waals surface area (Å²) in [5.74, 6) is 0.669. The van der Waals surface area contributed by atoms with Crippen molar-refractivity contribution in [3.63, 3.8) is 0 Å². The van der Waals surface area contributed by atoms with Crippen molar-refractivity contribution in [3.05, 3.63) is 76.8 Å². The molecule has 2 heterocycles. The van der Waals surface area contributed by atoms with Crippen LogP contribution in [0.4, 0.5) is 27.5 Å². The Morgan fingerprint density at radius 1 is 0.860 bits per heavy atom. The Balaban J connectivity index is 1.29. The van der Waals surface area contributed by atoms with Crippen molar-refractivity contribution in [2.45, 2.75) is 6.92 Å². The Morgan fingerprint density at radius 2 is 1.51 bits per heavy atom. The van der Waals surface area contributed by atoms with E-state index >= 15 is 0 Å². The highest BCUT2D eigenvalue weighted by Crippen LogP contribution is 2.31. The van der Waals surface area contributed by atoms with Crippen LogP contribution < -0.4 is 30.5 Å². The number of nitrogens with zero attached hydrogens (tertiary/aromatic N) is 3. The molecule has 2 saturated heterocycles. The minimum atomic E-state index is -0.420. The lowest BCUT2D eigenvalue weighted by Crippen LogP contribution is -2.47. The zero-order valence-corrected chi connectivity index (χ0v) is 25.5. The molecule has 11 heteroatoms. The number of halogens is 1. The fourth-order valence-electron chi connectivity index (χ4n) is 5.36. The molecule has 5 rings (SSSR count). The average molecular weight is 607 g/mol. The first-order valence-corrected chi connectivity index (χ1v) is 15.0. The number of methoxy groups -OCH3 is 1. The third kappa shape index (κ3) is 7.90. The minimum absolute atomic E-state index is 0.176. The maximum atomic E-state index is 13.6. The Kier molecular flexibility index (Phi) is 10.2. The molecule has 0 saturated carbocycles. The third-order valence-corrected chi connectivity index (χ3v) is 8.20. The molecule has 228 valence electrons. The number of amides is 3. The zero-order chi connectivity index (χ0) is 30.2. The van der Waals surface area contributed by atoms with Gasteiger partial charge in [-0.2, -0.15) is 0 Å². The highest BCUT2D eigenvalue weighted by atomic mass is 35.5. The Morgan fingerprint density at radius 3 is 2.21 bits per heavy atom. The predicted molar refractivity (Wildman–Crippen MR) is 172 cm³/mol. The first kappa shape index (κ1) is 30.5. The van der Waals surface area contributed by atoms with Crippen LogP contribution in [0, 0.1) is 6.92 Å². The standard InChI is InChI=1S/C32H39ClN6O4/c1-23-7-8-25(22-27(23)33)36-32(41)35-24-9-10-28(26(21-24)31(40)34-11-12-37-17-19-43-20-18-37)38-13-15-39(16-14-38)29-5-3-4-6-30(29)42-2/h3-10,21-22H,11-20H2,1-2H3,(H,34,40)(H2,35,36,41). The highest BCUT2D eigenvalue weighted by molar-refractivity contribution is 6.31. The maximum absolute atomic E-state index is 13.6. The van der Waals surface area contributed by atoms with Crippen LogP contribution >= 0.6 is 11.6 Å². The van der Waals surface area contributed by atoms with Crippen LogP contribution in [0.1, 0.15) is 15.9 Å². The van der Waals surface area contributed by atoms with Gasteiger partial charge in [-0.05, 0) is 55.0 Å². The van der Waals surface area contributed by atoms with Crippen LogP contribution in [-0.4, -0.2) is 89.5 Å². The predicted octanol–water partition coefficient (Wildman–Crippen LogP) is 4.69. The van der Waals surface area contributed by atoms with E-state index in [0.717, 1.165) is 68.5 Å². The summed E-state index contributed by atoms with van der Waals surface area (Å²) >= 11 is 6.22. The number of benzene rings is 3. The number of hydrogen-bond donors (Lipinski definition) is 3. The topological polar surface area (TPSA) is 98.4 Å². The summed E-state index contributed by atoms with van der Waals surface area (Å²) in [5.41, 5.74) is 4.44. The molecule has 3 N–H and O–H groups in total. The number of carbonyl (C=O) groups is 2. The number of piperazine rings is 1. The number of hydrogen-bond acceptors (Lipinski definition) is 7. The van der Waals surface area contributed by atoms with E-state index in [-0.39, 0.29) is 5.91 Å². The summed E-state index contributed by atoms with van der Waals surface area (Å²) in [6.45, 7) is 9.33. The second-order valence-corrected chi connectivity index (χ2v) is 11.0. The number of ether oxygens (including phenoxy) is 2. The fourth-order valence-corrected chi connectivity index (χ4v) is 5.54. The van der Waals surface area contributed by atoms with Gasteiger partial charge in [-0.15, -0.1) is 0 Å². The summed E-state index contributed by atoms with van der Waals surface area (Å²) < 4.78 is 11.0. The molecule has 3 aromatic rings. The number of nitrogens with one attached hydrogen (secondary N) is 3. The first-order chi connectivity index (χ1) is 20.9. The molecular weight excluding hydrogens is 568 g/mol. The van der Waals surface area contributed by atoms with Gasteiger partial charge in [0.15, 0.2) is 0 Å². The quantitative estimate of drug-likeness (QED) is 0.325. The second kappa shape index (κ2) is 14.5. The van der Waals surface area contributed by atoms with E-state index in [4.69, 9.17) is 21.1 Å². The lowest BCUT2D eigenvalue weighted by Gasteiger charge is -2.38. The van der Waals surface area contributed by atoms with Gasteiger partial charge >= 0.3 is 6.03 Å². The summed E-state index contributed by atoms with van der Waals surface area (Å²) in [6.07, 6.45) is 0. The summed E-state index contributed by atoms with van der Waals surface area (Å²) in [6, 6.07) is 18.4. The normalized spacial score (nSPS) is 15.6. The molecule has 43 heavy (non-hydrogen) atoms. The van der Waals surface area contributed by atoms with Gasteiger partial charge < -0.3 is 35.2 Å². The van der Waals surface area contributed by atoms with Gasteiger partial charge in [-0.3, -0.25) is 9.69 Å². The van der Waals surface area contributed by atoms with E-state index in [2.05, 4.69) is 36.7 Å². The van der Waals surface area contributed by atoms with E-state index in [9.17, 15) is 9.59 Å². The van der Waals surface area contributed by atoms with Crippen LogP contribution in [0.15, 0.2) is 60.7 Å². The lowest BCUT2D eigenvalue weighted by atomic mass is 10.1. The average Bonchev–Trinajstić information content (AvgIpc) is 3.03. The van der Waals surface area contributed by atoms with Crippen molar-refractivity contribution in [1.82, 2.24) is 10.2 Å². The number of anilines is 4. The second-order valence-electron chi connectivity index (χ2n) is 10.6. The number of para-hydroxylation sites is 2. The van der Waals surface area contributed by atoms with E-state index in [1.165, 1.54) is 0 Å². The maximum Gasteiger partial charge on any atom is 0.323 e. The van der Waals surface area contributed by atoms with Crippen LogP contribution in [0.25, 0.3) is 0 Å². The summed E-state index contributed by atoms with van der Waals surface area (Å²) in [5, 5.41) is 9.33. The number of urea groups is 1. The van der Waals surface area contributed by atoms with Crippen molar-refractivity contribution >= 4 is 46.3 Å². The largest absolute Gasteiger partial charge is 0.495 e. The molecule has 3 aromatic carbocycles. The van der Waals surface area contributed by atoms with E-state index in [0.29, 0.717) is 41.7 Å². The van der Waals surface area contributed by atoms with Crippen LogP contribution in [0.3, 0.4) is 0 Å². The van der Waals surface area contributed by atoms with Crippen molar-refractivity contribution in [2.24, 2.45) is 0 Å². The Hall–Kier alpha value is -3.99. The van der Waals surface area contributed by atoms with Gasteiger partial charge in [-0.25, -0.2) is 4.79 Å². The first-order valence-electron chi connectivity index (χ1n) is 14.6. The summed E-state index contributed by atoms with van der Waals surface area (Å²) in [7, 11) is 1.69. The van der Waals surface area contributed by atoms with Gasteiger partial charge in [0.05, 0.1) is 31.6 Å². The van der Waals surface area contributed by atoms with E-state index in [1.54, 1.807) is 25.3 Å². The Bertz CT molecular complexity index is 1420. The third-order valence-electron chi connectivity index (χ3n) is 7.79. The molecule has 2 aliphatic heterocycles. The van der Waals surface area contributed by atoms with E-state index in [1.807, 2.05) is 43.3 Å². The van der Waals surface area contributed by atoms with Crippen LogP contribution in [-0.2, 0) is 4.74 Å². The smallest absolute Gasteiger partial charge is 0.323 e. The fraction of sp³-hybridized carbons (Fsp3) is 0.375. The summed E-state index contributed by atoms with van der Waals surface area (Å²) in [4.78, 5) is 33.2. The molecule has 0 aromatic heterocycles. The SMILES string of the molecule is COc1ccccc1N1CCN(c2ccc(NC(=O)Nc3ccc(C)c(Cl)c3)cc2C(=O)NCCN2CCOCC2)CC1. The van der Waals surface area contributed by atoms with E-state index < -0.39 is 6.03 Å². The van der Waals surface area contributed by atoms with Crippen molar-refractivity contribution in [1.29, 1.82) is 0 Å². The number of morpholine rings is 1. The number of carbonyl (C=O) groups excluding carboxylic acids is 2. The van der Waals surface area contributed by atoms with Gasteiger partial charge in [0.2, 0.25) is 0 Å². The zero-order valence-electron chi connectivity index (χ0n) is 24.7. The molecule has 0 aliphatic carbocycles. The molecule has 2 fully saturated rings. The molecule has 0 atom stereocenters. The monoisotopic (exact) mass is 606 g/mol. The molecule has 0 radical (unpaired) electrons. The van der Waals surface area contributed by atoms with Crippen LogP contribution in [0.5, 0.6) is 5.75 Å². The Labute approximate surface area is 257 Å². The van der Waals surface area contributed by atoms with Gasteiger partial charge in [0, 0.05) is 74.4 Å².